The van der Waals surface area contributed by atoms with Gasteiger partial charge in [0.05, 0.1) is 11.3 Å². The summed E-state index contributed by atoms with van der Waals surface area (Å²) in [6, 6.07) is 9.79. The highest BCUT2D eigenvalue weighted by molar-refractivity contribution is 5.88. The first-order chi connectivity index (χ1) is 9.13. The van der Waals surface area contributed by atoms with Gasteiger partial charge >= 0.3 is 5.97 Å². The predicted molar refractivity (Wildman–Crippen MR) is 69.3 cm³/mol. The van der Waals surface area contributed by atoms with Crippen molar-refractivity contribution in [2.75, 3.05) is 0 Å². The number of aromatic carboxylic acids is 1. The maximum absolute atomic E-state index is 10.9. The van der Waals surface area contributed by atoms with Gasteiger partial charge in [-0.2, -0.15) is 0 Å². The lowest BCUT2D eigenvalue weighted by molar-refractivity contribution is 0.0697. The van der Waals surface area contributed by atoms with Crippen molar-refractivity contribution >= 4 is 11.6 Å². The summed E-state index contributed by atoms with van der Waals surface area (Å²) in [7, 11) is 0. The zero-order valence-electron chi connectivity index (χ0n) is 9.82. The maximum Gasteiger partial charge on any atom is 0.335 e. The van der Waals surface area contributed by atoms with Crippen LogP contribution in [-0.4, -0.2) is 25.6 Å². The standard InChI is InChI=1S/C14H10N2O3/c17-11-3-1-2-9(6-11)12-8-16-5-4-10(14(18)19)7-13(16)15-12/h1-8,17H,(H,18,19). The quantitative estimate of drug-likeness (QED) is 0.736. The van der Waals surface area contributed by atoms with E-state index in [1.807, 2.05) is 6.07 Å². The molecule has 94 valence electrons. The number of hydrogen-bond donors (Lipinski definition) is 2. The molecule has 0 aliphatic carbocycles. The second kappa shape index (κ2) is 4.13. The van der Waals surface area contributed by atoms with E-state index in [0.717, 1.165) is 5.56 Å². The average molecular weight is 254 g/mol. The van der Waals surface area contributed by atoms with Crippen LogP contribution in [0.3, 0.4) is 0 Å². The van der Waals surface area contributed by atoms with Crippen LogP contribution in [-0.2, 0) is 0 Å². The number of rotatable bonds is 2. The molecule has 0 saturated heterocycles. The highest BCUT2D eigenvalue weighted by Crippen LogP contribution is 2.23. The summed E-state index contributed by atoms with van der Waals surface area (Å²) in [5.41, 5.74) is 2.21. The molecule has 0 amide bonds. The molecular weight excluding hydrogens is 244 g/mol. The third kappa shape index (κ3) is 2.01. The molecule has 0 aliphatic rings. The van der Waals surface area contributed by atoms with Crippen molar-refractivity contribution in [1.82, 2.24) is 9.38 Å². The fourth-order valence-electron chi connectivity index (χ4n) is 1.92. The van der Waals surface area contributed by atoms with Crippen molar-refractivity contribution in [2.24, 2.45) is 0 Å². The van der Waals surface area contributed by atoms with Crippen molar-refractivity contribution < 1.29 is 15.0 Å². The predicted octanol–water partition coefficient (Wildman–Crippen LogP) is 2.41. The van der Waals surface area contributed by atoms with Crippen molar-refractivity contribution in [2.45, 2.75) is 0 Å². The number of aromatic nitrogens is 2. The van der Waals surface area contributed by atoms with Crippen LogP contribution in [0.15, 0.2) is 48.8 Å². The molecule has 1 aromatic carbocycles. The molecule has 0 unspecified atom stereocenters. The van der Waals surface area contributed by atoms with Crippen molar-refractivity contribution in [3.05, 3.63) is 54.4 Å². The molecule has 0 aliphatic heterocycles. The van der Waals surface area contributed by atoms with Gasteiger partial charge in [0.1, 0.15) is 11.4 Å². The van der Waals surface area contributed by atoms with Gasteiger partial charge in [-0.3, -0.25) is 0 Å². The van der Waals surface area contributed by atoms with Crippen LogP contribution in [0.25, 0.3) is 16.9 Å². The molecule has 2 heterocycles. The summed E-state index contributed by atoms with van der Waals surface area (Å²) < 4.78 is 1.74. The molecule has 0 radical (unpaired) electrons. The van der Waals surface area contributed by atoms with Crippen LogP contribution in [0.4, 0.5) is 0 Å². The number of phenols is 1. The van der Waals surface area contributed by atoms with Crippen LogP contribution in [0, 0.1) is 0 Å². The Morgan fingerprint density at radius 2 is 2.05 bits per heavy atom. The monoisotopic (exact) mass is 254 g/mol. The Kier molecular flexibility index (Phi) is 2.45. The fourth-order valence-corrected chi connectivity index (χ4v) is 1.92. The van der Waals surface area contributed by atoms with E-state index in [0.29, 0.717) is 11.3 Å². The number of aromatic hydroxyl groups is 1. The maximum atomic E-state index is 10.9. The number of nitrogens with zero attached hydrogens (tertiary/aromatic N) is 2. The highest BCUT2D eigenvalue weighted by atomic mass is 16.4. The molecule has 0 saturated carbocycles. The van der Waals surface area contributed by atoms with E-state index in [1.54, 1.807) is 35.0 Å². The minimum Gasteiger partial charge on any atom is -0.508 e. The summed E-state index contributed by atoms with van der Waals surface area (Å²) in [6.07, 6.45) is 3.44. The molecule has 3 rings (SSSR count). The number of fused-ring (bicyclic) bond motifs is 1. The van der Waals surface area contributed by atoms with Crippen molar-refractivity contribution in [3.8, 4) is 17.0 Å². The molecule has 2 N–H and O–H groups in total. The minimum atomic E-state index is -0.982. The smallest absolute Gasteiger partial charge is 0.335 e. The molecule has 0 fully saturated rings. The van der Waals surface area contributed by atoms with Crippen LogP contribution in [0.1, 0.15) is 10.4 Å². The molecule has 0 spiro atoms. The Hall–Kier alpha value is -2.82. The normalized spacial score (nSPS) is 10.7. The number of benzene rings is 1. The van der Waals surface area contributed by atoms with E-state index in [2.05, 4.69) is 4.98 Å². The second-order valence-corrected chi connectivity index (χ2v) is 4.16. The van der Waals surface area contributed by atoms with E-state index in [9.17, 15) is 9.90 Å². The lowest BCUT2D eigenvalue weighted by Gasteiger charge is -1.96. The topological polar surface area (TPSA) is 74.8 Å². The summed E-state index contributed by atoms with van der Waals surface area (Å²) >= 11 is 0. The molecule has 5 heteroatoms. The van der Waals surface area contributed by atoms with Crippen molar-refractivity contribution in [1.29, 1.82) is 0 Å². The van der Waals surface area contributed by atoms with Gasteiger partial charge < -0.3 is 14.6 Å². The van der Waals surface area contributed by atoms with Gasteiger partial charge in [0.2, 0.25) is 0 Å². The summed E-state index contributed by atoms with van der Waals surface area (Å²) in [4.78, 5) is 15.3. The molecule has 3 aromatic rings. The van der Waals surface area contributed by atoms with Crippen molar-refractivity contribution in [3.63, 3.8) is 0 Å². The number of hydrogen-bond acceptors (Lipinski definition) is 3. The van der Waals surface area contributed by atoms with Gasteiger partial charge in [0.15, 0.2) is 0 Å². The van der Waals surface area contributed by atoms with E-state index in [-0.39, 0.29) is 11.3 Å². The lowest BCUT2D eigenvalue weighted by atomic mass is 10.2. The molecular formula is C14H10N2O3. The Balaban J connectivity index is 2.14. The third-order valence-electron chi connectivity index (χ3n) is 2.85. The number of carbonyl (C=O) groups is 1. The van der Waals surface area contributed by atoms with Gasteiger partial charge in [-0.25, -0.2) is 9.78 Å². The molecule has 5 nitrogen and oxygen atoms in total. The molecule has 2 aromatic heterocycles. The number of carboxylic acids is 1. The zero-order valence-corrected chi connectivity index (χ0v) is 9.82. The Morgan fingerprint density at radius 3 is 2.79 bits per heavy atom. The van der Waals surface area contributed by atoms with E-state index in [4.69, 9.17) is 5.11 Å². The van der Waals surface area contributed by atoms with Gasteiger partial charge in [0.25, 0.3) is 0 Å². The van der Waals surface area contributed by atoms with Crippen LogP contribution in [0.2, 0.25) is 0 Å². The summed E-state index contributed by atoms with van der Waals surface area (Å²) in [6.45, 7) is 0. The number of pyridine rings is 1. The van der Waals surface area contributed by atoms with Crippen LogP contribution >= 0.6 is 0 Å². The number of carboxylic acid groups (broad SMARTS) is 1. The van der Waals surface area contributed by atoms with E-state index in [1.165, 1.54) is 12.1 Å². The number of phenolic OH excluding ortho intramolecular Hbond substituents is 1. The van der Waals surface area contributed by atoms with Crippen LogP contribution < -0.4 is 0 Å². The molecule has 0 bridgehead atoms. The second-order valence-electron chi connectivity index (χ2n) is 4.16. The Bertz CT molecular complexity index is 777. The first kappa shape index (κ1) is 11.3. The van der Waals surface area contributed by atoms with E-state index < -0.39 is 5.97 Å². The van der Waals surface area contributed by atoms with Gasteiger partial charge in [-0.05, 0) is 24.3 Å². The largest absolute Gasteiger partial charge is 0.508 e. The van der Waals surface area contributed by atoms with Crippen LogP contribution in [0.5, 0.6) is 5.75 Å². The van der Waals surface area contributed by atoms with Gasteiger partial charge in [0, 0.05) is 18.0 Å². The lowest BCUT2D eigenvalue weighted by Crippen LogP contribution is -1.96. The van der Waals surface area contributed by atoms with Gasteiger partial charge in [-0.1, -0.05) is 12.1 Å². The van der Waals surface area contributed by atoms with Gasteiger partial charge in [-0.15, -0.1) is 0 Å². The molecule has 0 atom stereocenters. The summed E-state index contributed by atoms with van der Waals surface area (Å²) in [5.74, 6) is -0.815. The SMILES string of the molecule is O=C(O)c1ccn2cc(-c3cccc(O)c3)nc2c1. The van der Waals surface area contributed by atoms with E-state index >= 15 is 0 Å². The Morgan fingerprint density at radius 1 is 1.21 bits per heavy atom. The fraction of sp³-hybridized carbons (Fsp3) is 0. The number of imidazole rings is 1. The highest BCUT2D eigenvalue weighted by Gasteiger charge is 2.08. The molecule has 19 heavy (non-hydrogen) atoms. The minimum absolute atomic E-state index is 0.167. The first-order valence-electron chi connectivity index (χ1n) is 5.65. The Labute approximate surface area is 108 Å². The third-order valence-corrected chi connectivity index (χ3v) is 2.85. The zero-order chi connectivity index (χ0) is 13.4. The first-order valence-corrected chi connectivity index (χ1v) is 5.65. The average Bonchev–Trinajstić information content (AvgIpc) is 2.81. The summed E-state index contributed by atoms with van der Waals surface area (Å²) in [5, 5.41) is 18.4.